The minimum Gasteiger partial charge on any atom is -1.00 e. The van der Waals surface area contributed by atoms with E-state index in [9.17, 15) is 24.3 Å². The lowest BCUT2D eigenvalue weighted by Crippen LogP contribution is -3.00. The number of hydrogen-bond acceptors (Lipinski definition) is 17. The lowest BCUT2D eigenvalue weighted by atomic mass is 9.77. The van der Waals surface area contributed by atoms with Crippen LogP contribution in [0.3, 0.4) is 0 Å². The highest BCUT2D eigenvalue weighted by Gasteiger charge is 2.55. The molecule has 5 N–H and O–H groups in total. The van der Waals surface area contributed by atoms with Crippen molar-refractivity contribution >= 4 is 80.9 Å². The van der Waals surface area contributed by atoms with Gasteiger partial charge in [-0.3, -0.25) is 14.5 Å². The van der Waals surface area contributed by atoms with Crippen molar-refractivity contribution in [1.29, 1.82) is 0 Å². The van der Waals surface area contributed by atoms with E-state index in [-0.39, 0.29) is 59.3 Å². The maximum atomic E-state index is 14.8. The fourth-order valence-electron chi connectivity index (χ4n) is 8.56. The number of carbonyl (C=O) groups excluding carboxylic acids is 4. The third-order valence-electron chi connectivity index (χ3n) is 12.5. The number of benzene rings is 4. The Morgan fingerprint density at radius 1 is 0.909 bits per heavy atom. The van der Waals surface area contributed by atoms with Gasteiger partial charge in [0, 0.05) is 16.9 Å². The van der Waals surface area contributed by atoms with Crippen molar-refractivity contribution in [3.8, 4) is 11.6 Å². The van der Waals surface area contributed by atoms with Crippen LogP contribution in [0.2, 0.25) is 0 Å². The van der Waals surface area contributed by atoms with E-state index in [1.54, 1.807) is 79.6 Å². The van der Waals surface area contributed by atoms with Crippen LogP contribution in [0.1, 0.15) is 62.6 Å². The summed E-state index contributed by atoms with van der Waals surface area (Å²) in [6, 6.07) is 37.4. The number of thiazole rings is 1. The van der Waals surface area contributed by atoms with Crippen molar-refractivity contribution in [2.75, 3.05) is 29.7 Å². The molecule has 9 rings (SSSR count). The van der Waals surface area contributed by atoms with Gasteiger partial charge in [0.05, 0.1) is 20.2 Å². The quantitative estimate of drug-likeness (QED) is 0.0137. The molecular formula is C55H56ClN9O9S3. The van der Waals surface area contributed by atoms with Crippen LogP contribution in [-0.4, -0.2) is 95.2 Å². The number of halogens is 1. The molecule has 0 spiro atoms. The van der Waals surface area contributed by atoms with E-state index < -0.39 is 51.9 Å². The van der Waals surface area contributed by atoms with Gasteiger partial charge in [-0.1, -0.05) is 113 Å². The summed E-state index contributed by atoms with van der Waals surface area (Å²) in [7, 11) is 3.24. The lowest BCUT2D eigenvalue weighted by Gasteiger charge is -2.49. The van der Waals surface area contributed by atoms with Crippen molar-refractivity contribution in [3.63, 3.8) is 0 Å². The van der Waals surface area contributed by atoms with Crippen LogP contribution < -0.4 is 37.9 Å². The Balaban J connectivity index is 0.00000784. The van der Waals surface area contributed by atoms with Gasteiger partial charge in [-0.2, -0.15) is 4.40 Å². The molecule has 0 radical (unpaired) electrons. The number of β-lactam (4-membered cyclic amide) rings is 1. The number of rotatable bonds is 18. The maximum Gasteiger partial charge on any atom is 0.355 e. The van der Waals surface area contributed by atoms with Gasteiger partial charge in [-0.05, 0) is 86.3 Å². The molecule has 2 atom stereocenters. The van der Waals surface area contributed by atoms with E-state index >= 15 is 0 Å². The molecule has 77 heavy (non-hydrogen) atoms. The largest absolute Gasteiger partial charge is 1.00 e. The Labute approximate surface area is 463 Å². The first-order valence-corrected chi connectivity index (χ1v) is 27.0. The molecule has 4 aromatic carbocycles. The van der Waals surface area contributed by atoms with Gasteiger partial charge in [0.2, 0.25) is 17.1 Å². The van der Waals surface area contributed by atoms with Gasteiger partial charge in [-0.25, -0.2) is 19.1 Å². The van der Waals surface area contributed by atoms with E-state index in [0.29, 0.717) is 32.8 Å². The summed E-state index contributed by atoms with van der Waals surface area (Å²) in [6.07, 6.45) is 1.51. The molecule has 0 aliphatic carbocycles. The summed E-state index contributed by atoms with van der Waals surface area (Å²) < 4.78 is 20.0. The average molecular weight is 1120 g/mol. The van der Waals surface area contributed by atoms with Gasteiger partial charge in [0.25, 0.3) is 17.7 Å². The fraction of sp³-hybridized carbons (Fsp3) is 0.273. The van der Waals surface area contributed by atoms with Gasteiger partial charge < -0.3 is 52.9 Å². The Bertz CT molecular complexity index is 3270. The summed E-state index contributed by atoms with van der Waals surface area (Å²) in [5.74, 6) is -1.59. The van der Waals surface area contributed by atoms with Crippen LogP contribution in [0.5, 0.6) is 11.6 Å². The molecule has 2 aliphatic heterocycles. The number of imidazole rings is 1. The van der Waals surface area contributed by atoms with Crippen molar-refractivity contribution < 1.29 is 60.1 Å². The maximum absolute atomic E-state index is 14.8. The molecule has 1 fully saturated rings. The topological polar surface area (TPSA) is 226 Å². The molecule has 3 aromatic heterocycles. The van der Waals surface area contributed by atoms with Crippen LogP contribution in [0, 0.1) is 0 Å². The number of fused-ring (bicyclic) bond motifs is 2. The zero-order chi connectivity index (χ0) is 53.9. The number of oxime groups is 1. The minimum absolute atomic E-state index is 0. The van der Waals surface area contributed by atoms with Crippen LogP contribution in [-0.2, 0) is 52.7 Å². The smallest absolute Gasteiger partial charge is 0.355 e. The number of amides is 2. The van der Waals surface area contributed by atoms with Crippen molar-refractivity contribution in [2.45, 2.75) is 74.5 Å². The molecule has 18 nitrogen and oxygen atoms in total. The van der Waals surface area contributed by atoms with Crippen molar-refractivity contribution in [1.82, 2.24) is 24.8 Å². The predicted octanol–water partition coefficient (Wildman–Crippen LogP) is 4.35. The normalized spacial score (nSPS) is 15.7. The van der Waals surface area contributed by atoms with E-state index in [1.807, 2.05) is 91.0 Å². The van der Waals surface area contributed by atoms with E-state index in [2.05, 4.69) is 20.8 Å². The highest BCUT2D eigenvalue weighted by atomic mass is 35.5. The fourth-order valence-corrected chi connectivity index (χ4v) is 11.8. The molecule has 7 aromatic rings. The number of esters is 2. The number of aromatic hydroxyl groups is 1. The predicted molar refractivity (Wildman–Crippen MR) is 290 cm³/mol. The highest BCUT2D eigenvalue weighted by molar-refractivity contribution is 8.01. The van der Waals surface area contributed by atoms with Gasteiger partial charge in [0.15, 0.2) is 10.8 Å². The standard InChI is InChI=1S/C55H55N9O9S3.ClH/c1-53(2,3)72-50(69)54(4,5)73-61-43(39-32-75-51(57-39)60-55(35-17-11-8-12-18-35,36-19-13-9-14-20-36)37-21-15-10-16-22-37)46(66)59-44-47(67)64-45(49(68)71-29-33-23-25-38(70-7)26-24-33)34(30-74-48(44)64)31-76-52-58-40(56)27-41-62(6)42(65)28-63(41)52;/h8-28,32,44,48,56H,29-31H2,1-7H3,(H3,57,59,60,65,66);1H/b61-43-;. The number of carbonyl (C=O) groups is 4. The summed E-state index contributed by atoms with van der Waals surface area (Å²) in [5.41, 5.74) is 7.10. The van der Waals surface area contributed by atoms with Crippen molar-refractivity contribution in [2.24, 2.45) is 12.2 Å². The van der Waals surface area contributed by atoms with Gasteiger partial charge >= 0.3 is 17.1 Å². The first-order chi connectivity index (χ1) is 36.4. The monoisotopic (exact) mass is 1120 g/mol. The number of methoxy groups -OCH3 is 1. The molecular weight excluding hydrogens is 1060 g/mol. The van der Waals surface area contributed by atoms with Crippen LogP contribution in [0.4, 0.5) is 10.9 Å². The number of nitrogen functional groups attached to an aromatic ring is 1. The molecule has 2 amide bonds. The SMILES string of the molecule is COc1ccc(COC(=O)C2=C(CSc3nc(N)cc4n(C)c(O)c[n+]34)CSC3C(NC(=O)/C(=N\OC(C)(C)C(=O)OC(C)(C)C)c4csc(NC(c5ccccc5)(c5ccccc5)c5ccccc5)n4)C(=O)N23)cc1.[Cl-]. The molecule has 2 aliphatic rings. The second-order valence-electron chi connectivity index (χ2n) is 19.3. The zero-order valence-electron chi connectivity index (χ0n) is 43.1. The van der Waals surface area contributed by atoms with Crippen LogP contribution in [0.25, 0.3) is 5.65 Å². The number of hydrogen-bond donors (Lipinski definition) is 4. The molecule has 0 saturated carbocycles. The Kier molecular flexibility index (Phi) is 16.6. The second-order valence-corrected chi connectivity index (χ2v) is 22.2. The summed E-state index contributed by atoms with van der Waals surface area (Å²) in [6.45, 7) is 8.02. The third kappa shape index (κ3) is 11.7. The highest BCUT2D eigenvalue weighted by Crippen LogP contribution is 2.43. The first-order valence-electron chi connectivity index (χ1n) is 24.0. The molecule has 22 heteroatoms. The van der Waals surface area contributed by atoms with Gasteiger partial charge in [0.1, 0.15) is 52.5 Å². The number of anilines is 2. The number of nitrogens with one attached hydrogen (secondary N) is 2. The number of aryl methyl sites for hydroxylation is 1. The number of nitrogens with zero attached hydrogens (tertiary/aromatic N) is 6. The lowest BCUT2D eigenvalue weighted by molar-refractivity contribution is -0.559. The molecule has 2 unspecified atom stereocenters. The third-order valence-corrected chi connectivity index (χ3v) is 15.6. The minimum atomic E-state index is -1.67. The summed E-state index contributed by atoms with van der Waals surface area (Å²) in [4.78, 5) is 73.8. The molecule has 0 bridgehead atoms. The van der Waals surface area contributed by atoms with Crippen LogP contribution in [0.15, 0.2) is 154 Å². The van der Waals surface area contributed by atoms with Crippen LogP contribution >= 0.6 is 34.9 Å². The molecule has 5 heterocycles. The average Bonchev–Trinajstić information content (AvgIpc) is 4.04. The Morgan fingerprint density at radius 3 is 2.10 bits per heavy atom. The zero-order valence-corrected chi connectivity index (χ0v) is 46.3. The number of aromatic nitrogens is 4. The van der Waals surface area contributed by atoms with E-state index in [4.69, 9.17) is 29.8 Å². The summed E-state index contributed by atoms with van der Waals surface area (Å²) in [5, 5.41) is 23.1. The second kappa shape index (κ2) is 22.9. The number of nitrogens with two attached hydrogens (primary N) is 1. The van der Waals surface area contributed by atoms with Crippen molar-refractivity contribution in [3.05, 3.63) is 172 Å². The Hall–Kier alpha value is -7.59. The summed E-state index contributed by atoms with van der Waals surface area (Å²) >= 11 is 3.83. The van der Waals surface area contributed by atoms with E-state index in [0.717, 1.165) is 16.7 Å². The first kappa shape index (κ1) is 55.6. The molecule has 400 valence electrons. The van der Waals surface area contributed by atoms with E-state index in [1.165, 1.54) is 59.8 Å². The van der Waals surface area contributed by atoms with Gasteiger partial charge in [-0.15, -0.1) is 23.1 Å². The number of thioether (sulfide) groups is 2. The Morgan fingerprint density at radius 2 is 1.52 bits per heavy atom. The number of ether oxygens (including phenoxy) is 3. The molecule has 1 saturated heterocycles.